The van der Waals surface area contributed by atoms with E-state index in [1.54, 1.807) is 0 Å². The Morgan fingerprint density at radius 3 is 2.62 bits per heavy atom. The van der Waals surface area contributed by atoms with Gasteiger partial charge in [0.2, 0.25) is 0 Å². The van der Waals surface area contributed by atoms with Crippen LogP contribution in [0.4, 0.5) is 0 Å². The fourth-order valence-electron chi connectivity index (χ4n) is 4.01. The van der Waals surface area contributed by atoms with Gasteiger partial charge in [-0.15, -0.1) is 24.8 Å². The Bertz CT molecular complexity index is 665. The van der Waals surface area contributed by atoms with Crippen molar-refractivity contribution in [2.45, 2.75) is 45.6 Å². The van der Waals surface area contributed by atoms with E-state index < -0.39 is 0 Å². The van der Waals surface area contributed by atoms with Crippen LogP contribution in [0, 0.1) is 5.92 Å². The number of halogens is 2. The van der Waals surface area contributed by atoms with Gasteiger partial charge in [0.25, 0.3) is 0 Å². The minimum absolute atomic E-state index is 0. The lowest BCUT2D eigenvalue weighted by Gasteiger charge is -2.43. The number of hydrogen-bond acceptors (Lipinski definition) is 2. The average molecular weight is 370 g/mol. The fourth-order valence-corrected chi connectivity index (χ4v) is 4.01. The zero-order valence-electron chi connectivity index (χ0n) is 14.8. The highest BCUT2D eigenvalue weighted by Crippen LogP contribution is 2.42. The van der Waals surface area contributed by atoms with Crippen LogP contribution in [0.5, 0.6) is 0 Å². The molecule has 2 aromatic rings. The van der Waals surface area contributed by atoms with Crippen LogP contribution < -0.4 is 0 Å². The summed E-state index contributed by atoms with van der Waals surface area (Å²) in [4.78, 5) is 10.5. The molecule has 1 aromatic heterocycles. The summed E-state index contributed by atoms with van der Waals surface area (Å²) >= 11 is 0. The Labute approximate surface area is 157 Å². The van der Waals surface area contributed by atoms with Crippen LogP contribution in [0.25, 0.3) is 10.9 Å². The van der Waals surface area contributed by atoms with Crippen LogP contribution in [0.2, 0.25) is 0 Å². The Hall–Kier alpha value is -1.19. The van der Waals surface area contributed by atoms with Gasteiger partial charge in [-0.05, 0) is 24.8 Å². The Morgan fingerprint density at radius 1 is 1.25 bits per heavy atom. The van der Waals surface area contributed by atoms with Crippen molar-refractivity contribution in [3.05, 3.63) is 36.0 Å². The van der Waals surface area contributed by atoms with Gasteiger partial charge in [-0.25, -0.2) is 0 Å². The molecule has 0 radical (unpaired) electrons. The predicted octanol–water partition coefficient (Wildman–Crippen LogP) is 5.40. The Kier molecular flexibility index (Phi) is 7.62. The molecule has 0 bridgehead atoms. The van der Waals surface area contributed by atoms with Gasteiger partial charge < -0.3 is 9.88 Å². The van der Waals surface area contributed by atoms with E-state index in [1.165, 1.54) is 29.3 Å². The third-order valence-corrected chi connectivity index (χ3v) is 4.74. The molecule has 1 aliphatic rings. The number of nitrogens with zero attached hydrogens (tertiary/aromatic N) is 2. The van der Waals surface area contributed by atoms with E-state index in [0.717, 1.165) is 19.5 Å². The minimum atomic E-state index is 0. The lowest BCUT2D eigenvalue weighted by molar-refractivity contribution is 0.142. The zero-order chi connectivity index (χ0) is 15.6. The molecule has 134 valence electrons. The molecule has 0 fully saturated rings. The second-order valence-electron chi connectivity index (χ2n) is 6.84. The molecule has 2 heterocycles. The van der Waals surface area contributed by atoms with Crippen LogP contribution >= 0.6 is 24.8 Å². The summed E-state index contributed by atoms with van der Waals surface area (Å²) in [6.07, 6.45) is 7.82. The predicted molar refractivity (Wildman–Crippen MR) is 109 cm³/mol. The summed E-state index contributed by atoms with van der Waals surface area (Å²) in [5.74, 6) is 0.647. The number of aliphatic imine (C=N–C) groups is 1. The summed E-state index contributed by atoms with van der Waals surface area (Å²) in [6, 6.07) is 8.66. The van der Waals surface area contributed by atoms with Gasteiger partial charge >= 0.3 is 0 Å². The van der Waals surface area contributed by atoms with E-state index in [2.05, 4.69) is 72.4 Å². The third-order valence-electron chi connectivity index (χ3n) is 4.74. The minimum Gasteiger partial charge on any atom is -0.361 e. The molecule has 24 heavy (non-hydrogen) atoms. The molecular weight excluding hydrogens is 341 g/mol. The summed E-state index contributed by atoms with van der Waals surface area (Å²) in [7, 11) is 0. The highest BCUT2D eigenvalue weighted by Gasteiger charge is 2.39. The fraction of sp³-hybridized carbons (Fsp3) is 0.526. The van der Waals surface area contributed by atoms with Gasteiger partial charge in [0.05, 0.1) is 18.4 Å². The smallest absolute Gasteiger partial charge is 0.0858 e. The molecule has 1 atom stereocenters. The molecule has 1 aromatic carbocycles. The van der Waals surface area contributed by atoms with Crippen LogP contribution in [-0.2, 0) is 5.54 Å². The van der Waals surface area contributed by atoms with Gasteiger partial charge in [-0.1, -0.05) is 45.4 Å². The molecule has 0 spiro atoms. The average Bonchev–Trinajstić information content (AvgIpc) is 3.16. The number of rotatable bonds is 6. The number of H-pyrrole nitrogens is 1. The molecule has 0 saturated heterocycles. The number of aromatic nitrogens is 1. The van der Waals surface area contributed by atoms with E-state index in [1.807, 2.05) is 0 Å². The monoisotopic (exact) mass is 369 g/mol. The molecule has 1 aliphatic heterocycles. The maximum absolute atomic E-state index is 4.50. The number of fused-ring (bicyclic) bond motifs is 1. The standard InChI is InChI=1S/C19H27N3.2ClH/c1-4-9-19(12-15(2)3,22-11-10-20-14-22)17-13-21-18-8-6-5-7-16(17)18;;/h5-8,13-15,21H,4,9-12H2,1-3H3;2*1H. The van der Waals surface area contributed by atoms with Crippen molar-refractivity contribution in [2.75, 3.05) is 13.1 Å². The quantitative estimate of drug-likeness (QED) is 0.726. The Balaban J connectivity index is 0.00000144. The maximum atomic E-state index is 4.50. The lowest BCUT2D eigenvalue weighted by atomic mass is 9.77. The lowest BCUT2D eigenvalue weighted by Crippen LogP contribution is -2.45. The maximum Gasteiger partial charge on any atom is 0.0858 e. The topological polar surface area (TPSA) is 31.4 Å². The number of para-hydroxylation sites is 1. The highest BCUT2D eigenvalue weighted by atomic mass is 35.5. The first-order chi connectivity index (χ1) is 10.7. The second kappa shape index (κ2) is 8.77. The van der Waals surface area contributed by atoms with Crippen LogP contribution in [0.1, 0.15) is 45.6 Å². The molecule has 5 heteroatoms. The zero-order valence-corrected chi connectivity index (χ0v) is 16.4. The van der Waals surface area contributed by atoms with Gasteiger partial charge in [-0.3, -0.25) is 4.99 Å². The first-order valence-electron chi connectivity index (χ1n) is 8.50. The van der Waals surface area contributed by atoms with E-state index in [9.17, 15) is 0 Å². The van der Waals surface area contributed by atoms with Crippen molar-refractivity contribution in [1.29, 1.82) is 0 Å². The van der Waals surface area contributed by atoms with Gasteiger partial charge in [0.1, 0.15) is 0 Å². The number of nitrogens with one attached hydrogen (secondary N) is 1. The molecule has 3 nitrogen and oxygen atoms in total. The highest BCUT2D eigenvalue weighted by molar-refractivity contribution is 5.86. The summed E-state index contributed by atoms with van der Waals surface area (Å²) in [5.41, 5.74) is 2.73. The summed E-state index contributed by atoms with van der Waals surface area (Å²) in [6.45, 7) is 8.90. The molecule has 0 aliphatic carbocycles. The van der Waals surface area contributed by atoms with E-state index in [4.69, 9.17) is 0 Å². The number of aromatic amines is 1. The first-order valence-corrected chi connectivity index (χ1v) is 8.50. The molecule has 1 unspecified atom stereocenters. The van der Waals surface area contributed by atoms with Gasteiger partial charge in [-0.2, -0.15) is 0 Å². The van der Waals surface area contributed by atoms with Crippen LogP contribution in [-0.4, -0.2) is 29.3 Å². The molecular formula is C19H29Cl2N3. The van der Waals surface area contributed by atoms with Crippen molar-refractivity contribution in [2.24, 2.45) is 10.9 Å². The van der Waals surface area contributed by atoms with Crippen LogP contribution in [0.15, 0.2) is 35.5 Å². The van der Waals surface area contributed by atoms with Crippen molar-refractivity contribution in [1.82, 2.24) is 9.88 Å². The normalized spacial score (nSPS) is 16.1. The SMILES string of the molecule is CCCC(CC(C)C)(c1c[nH]c2ccccc12)N1C=NCC1.Cl.Cl. The van der Waals surface area contributed by atoms with Gasteiger partial charge in [0, 0.05) is 29.2 Å². The number of hydrogen-bond donors (Lipinski definition) is 1. The Morgan fingerprint density at radius 2 is 2.00 bits per heavy atom. The molecule has 1 N–H and O–H groups in total. The van der Waals surface area contributed by atoms with Crippen LogP contribution in [0.3, 0.4) is 0 Å². The molecule has 3 rings (SSSR count). The number of benzene rings is 1. The van der Waals surface area contributed by atoms with Crippen molar-refractivity contribution < 1.29 is 0 Å². The first kappa shape index (κ1) is 20.9. The van der Waals surface area contributed by atoms with E-state index in [-0.39, 0.29) is 30.4 Å². The van der Waals surface area contributed by atoms with Crippen molar-refractivity contribution in [3.63, 3.8) is 0 Å². The van der Waals surface area contributed by atoms with Crippen molar-refractivity contribution >= 4 is 42.1 Å². The summed E-state index contributed by atoms with van der Waals surface area (Å²) < 4.78 is 0. The largest absolute Gasteiger partial charge is 0.361 e. The summed E-state index contributed by atoms with van der Waals surface area (Å²) in [5, 5.41) is 1.36. The van der Waals surface area contributed by atoms with E-state index in [0.29, 0.717) is 5.92 Å². The molecule has 0 saturated carbocycles. The molecule has 0 amide bonds. The van der Waals surface area contributed by atoms with E-state index >= 15 is 0 Å². The van der Waals surface area contributed by atoms with Crippen molar-refractivity contribution in [3.8, 4) is 0 Å². The second-order valence-corrected chi connectivity index (χ2v) is 6.84. The van der Waals surface area contributed by atoms with Gasteiger partial charge in [0.15, 0.2) is 0 Å². The third kappa shape index (κ3) is 3.73.